The summed E-state index contributed by atoms with van der Waals surface area (Å²) in [7, 11) is 0. The first-order valence-electron chi connectivity index (χ1n) is 6.87. The van der Waals surface area contributed by atoms with Gasteiger partial charge in [-0.05, 0) is 35.4 Å². The maximum absolute atomic E-state index is 9.74. The van der Waals surface area contributed by atoms with Crippen LogP contribution in [0.15, 0.2) is 18.2 Å². The molecule has 1 atom stereocenters. The number of aliphatic hydroxyl groups is 2. The zero-order chi connectivity index (χ0) is 15.2. The van der Waals surface area contributed by atoms with Crippen LogP contribution in [0.4, 0.5) is 0 Å². The summed E-state index contributed by atoms with van der Waals surface area (Å²) in [6, 6.07) is 8.07. The summed E-state index contributed by atoms with van der Waals surface area (Å²) in [5.74, 6) is 0.179. The number of halogens is 1. The van der Waals surface area contributed by atoms with E-state index in [9.17, 15) is 15.5 Å². The third kappa shape index (κ3) is 3.41. The molecule has 110 valence electrons. The maximum atomic E-state index is 9.74. The van der Waals surface area contributed by atoms with Crippen molar-refractivity contribution in [3.63, 3.8) is 0 Å². The van der Waals surface area contributed by atoms with E-state index in [4.69, 9.17) is 0 Å². The quantitative estimate of drug-likeness (QED) is 0.749. The molecule has 0 amide bonds. The molecule has 0 fully saturated rings. The lowest BCUT2D eigenvalue weighted by atomic mass is 9.69. The smallest absolute Gasteiger partial charge is 0.0845 e. The predicted octanol–water partition coefficient (Wildman–Crippen LogP) is 3.26. The predicted molar refractivity (Wildman–Crippen MR) is 83.4 cm³/mol. The summed E-state index contributed by atoms with van der Waals surface area (Å²) >= 11 is 3.42. The Morgan fingerprint density at radius 2 is 1.90 bits per heavy atom. The number of rotatable bonds is 7. The van der Waals surface area contributed by atoms with Crippen LogP contribution >= 0.6 is 15.9 Å². The first kappa shape index (κ1) is 17.2. The molecule has 4 heteroatoms. The third-order valence-corrected chi connectivity index (χ3v) is 4.51. The van der Waals surface area contributed by atoms with Crippen molar-refractivity contribution < 1.29 is 10.2 Å². The molecular weight excluding hydrogens is 318 g/mol. The zero-order valence-electron chi connectivity index (χ0n) is 12.1. The Morgan fingerprint density at radius 3 is 2.35 bits per heavy atom. The Bertz CT molecular complexity index is 482. The summed E-state index contributed by atoms with van der Waals surface area (Å²) in [5.41, 5.74) is 1.79. The molecule has 0 bridgehead atoms. The van der Waals surface area contributed by atoms with Crippen molar-refractivity contribution in [1.82, 2.24) is 0 Å². The van der Waals surface area contributed by atoms with Gasteiger partial charge in [0.15, 0.2) is 0 Å². The molecule has 2 N–H and O–H groups in total. The first-order valence-corrected chi connectivity index (χ1v) is 7.99. The molecule has 20 heavy (non-hydrogen) atoms. The molecule has 0 spiro atoms. The minimum atomic E-state index is -0.550. The highest BCUT2D eigenvalue weighted by Crippen LogP contribution is 2.37. The van der Waals surface area contributed by atoms with Gasteiger partial charge >= 0.3 is 0 Å². The minimum absolute atomic E-state index is 0.0984. The fourth-order valence-electron chi connectivity index (χ4n) is 2.57. The van der Waals surface area contributed by atoms with Gasteiger partial charge in [-0.3, -0.25) is 0 Å². The minimum Gasteiger partial charge on any atom is -0.392 e. The molecule has 0 saturated carbocycles. The van der Waals surface area contributed by atoms with E-state index in [0.717, 1.165) is 23.7 Å². The van der Waals surface area contributed by atoms with Gasteiger partial charge in [-0.1, -0.05) is 48.0 Å². The van der Waals surface area contributed by atoms with Crippen LogP contribution in [0.25, 0.3) is 0 Å². The van der Waals surface area contributed by atoms with Crippen molar-refractivity contribution in [3.05, 3.63) is 34.9 Å². The Balaban J connectivity index is 3.31. The number of aliphatic hydroxyl groups excluding tert-OH is 2. The second-order valence-corrected chi connectivity index (χ2v) is 6.12. The largest absolute Gasteiger partial charge is 0.392 e. The van der Waals surface area contributed by atoms with E-state index >= 15 is 0 Å². The van der Waals surface area contributed by atoms with E-state index < -0.39 is 5.41 Å². The SMILES string of the molecule is CC(C)C(C#N)(CCCBr)c1ccc(CO)c(CO)c1. The van der Waals surface area contributed by atoms with Crippen LogP contribution in [0, 0.1) is 17.2 Å². The molecule has 1 unspecified atom stereocenters. The average molecular weight is 340 g/mol. The number of hydrogen-bond acceptors (Lipinski definition) is 3. The molecule has 0 saturated heterocycles. The highest BCUT2D eigenvalue weighted by Gasteiger charge is 2.35. The molecule has 3 nitrogen and oxygen atoms in total. The Hall–Kier alpha value is -0.890. The van der Waals surface area contributed by atoms with Crippen molar-refractivity contribution in [2.75, 3.05) is 5.33 Å². The topological polar surface area (TPSA) is 64.2 Å². The van der Waals surface area contributed by atoms with Crippen LogP contribution in [0.2, 0.25) is 0 Å². The molecule has 0 heterocycles. The normalized spacial score (nSPS) is 14.1. The van der Waals surface area contributed by atoms with Gasteiger partial charge in [0.1, 0.15) is 0 Å². The fraction of sp³-hybridized carbons (Fsp3) is 0.562. The summed E-state index contributed by atoms with van der Waals surface area (Å²) < 4.78 is 0. The third-order valence-electron chi connectivity index (χ3n) is 3.95. The van der Waals surface area contributed by atoms with Crippen LogP contribution < -0.4 is 0 Å². The van der Waals surface area contributed by atoms with E-state index in [1.165, 1.54) is 0 Å². The lowest BCUT2D eigenvalue weighted by Gasteiger charge is -2.32. The summed E-state index contributed by atoms with van der Waals surface area (Å²) in [6.07, 6.45) is 1.69. The second-order valence-electron chi connectivity index (χ2n) is 5.33. The fourth-order valence-corrected chi connectivity index (χ4v) is 2.85. The van der Waals surface area contributed by atoms with Crippen molar-refractivity contribution in [3.8, 4) is 6.07 Å². The number of nitriles is 1. The lowest BCUT2D eigenvalue weighted by Crippen LogP contribution is -2.31. The van der Waals surface area contributed by atoms with Gasteiger partial charge in [-0.25, -0.2) is 0 Å². The molecule has 1 aromatic rings. The molecule has 0 aliphatic heterocycles. The monoisotopic (exact) mass is 339 g/mol. The number of hydrogen-bond donors (Lipinski definition) is 2. The van der Waals surface area contributed by atoms with Crippen LogP contribution in [-0.2, 0) is 18.6 Å². The second kappa shape index (κ2) is 7.78. The van der Waals surface area contributed by atoms with Crippen molar-refractivity contribution in [2.45, 2.75) is 45.3 Å². The average Bonchev–Trinajstić information content (AvgIpc) is 2.47. The van der Waals surface area contributed by atoms with Gasteiger partial charge in [0.2, 0.25) is 0 Å². The van der Waals surface area contributed by atoms with Gasteiger partial charge in [-0.2, -0.15) is 5.26 Å². The van der Waals surface area contributed by atoms with E-state index in [1.54, 1.807) is 0 Å². The van der Waals surface area contributed by atoms with Crippen LogP contribution in [0.1, 0.15) is 43.4 Å². The van der Waals surface area contributed by atoms with Crippen molar-refractivity contribution in [2.24, 2.45) is 5.92 Å². The van der Waals surface area contributed by atoms with E-state index in [-0.39, 0.29) is 19.1 Å². The summed E-state index contributed by atoms with van der Waals surface area (Å²) in [5, 5.41) is 29.3. The number of benzene rings is 1. The van der Waals surface area contributed by atoms with Crippen LogP contribution in [0.3, 0.4) is 0 Å². The molecular formula is C16H22BrNO2. The van der Waals surface area contributed by atoms with E-state index in [0.29, 0.717) is 11.1 Å². The Kier molecular flexibility index (Phi) is 6.67. The highest BCUT2D eigenvalue weighted by molar-refractivity contribution is 9.09. The zero-order valence-corrected chi connectivity index (χ0v) is 13.7. The van der Waals surface area contributed by atoms with Crippen molar-refractivity contribution >= 4 is 15.9 Å². The molecule has 0 aliphatic rings. The van der Waals surface area contributed by atoms with E-state index in [1.807, 2.05) is 18.2 Å². The number of nitrogens with zero attached hydrogens (tertiary/aromatic N) is 1. The van der Waals surface area contributed by atoms with Gasteiger partial charge in [0.05, 0.1) is 24.7 Å². The molecule has 0 radical (unpaired) electrons. The molecule has 0 aliphatic carbocycles. The highest BCUT2D eigenvalue weighted by atomic mass is 79.9. The van der Waals surface area contributed by atoms with Crippen LogP contribution in [0.5, 0.6) is 0 Å². The molecule has 1 aromatic carbocycles. The Labute approximate surface area is 129 Å². The standard InChI is InChI=1S/C16H22BrNO2/c1-12(2)16(11-18,6-3-7-17)15-5-4-13(9-19)14(8-15)10-20/h4-5,8,12,19-20H,3,6-7,9-10H2,1-2H3. The lowest BCUT2D eigenvalue weighted by molar-refractivity contribution is 0.259. The maximum Gasteiger partial charge on any atom is 0.0845 e. The van der Waals surface area contributed by atoms with Crippen molar-refractivity contribution in [1.29, 1.82) is 5.26 Å². The number of alkyl halides is 1. The van der Waals surface area contributed by atoms with Gasteiger partial charge in [0.25, 0.3) is 0 Å². The molecule has 0 aromatic heterocycles. The Morgan fingerprint density at radius 1 is 1.25 bits per heavy atom. The van der Waals surface area contributed by atoms with Gasteiger partial charge in [0, 0.05) is 5.33 Å². The van der Waals surface area contributed by atoms with Gasteiger partial charge in [-0.15, -0.1) is 0 Å². The van der Waals surface area contributed by atoms with Crippen LogP contribution in [-0.4, -0.2) is 15.5 Å². The first-order chi connectivity index (χ1) is 9.55. The van der Waals surface area contributed by atoms with E-state index in [2.05, 4.69) is 35.8 Å². The summed E-state index contributed by atoms with van der Waals surface area (Å²) in [6.45, 7) is 3.88. The van der Waals surface area contributed by atoms with Gasteiger partial charge < -0.3 is 10.2 Å². The summed E-state index contributed by atoms with van der Waals surface area (Å²) in [4.78, 5) is 0. The molecule has 1 rings (SSSR count).